The molecule has 4 rings (SSSR count). The van der Waals surface area contributed by atoms with Crippen LogP contribution in [0.4, 0.5) is 0 Å². The molecule has 24 heavy (non-hydrogen) atoms. The minimum absolute atomic E-state index is 0.180. The lowest BCUT2D eigenvalue weighted by molar-refractivity contribution is -0.133. The van der Waals surface area contributed by atoms with E-state index in [-0.39, 0.29) is 23.1 Å². The predicted molar refractivity (Wildman–Crippen MR) is 89.7 cm³/mol. The van der Waals surface area contributed by atoms with Crippen LogP contribution in [0, 0.1) is 0 Å². The van der Waals surface area contributed by atoms with E-state index >= 15 is 0 Å². The summed E-state index contributed by atoms with van der Waals surface area (Å²) in [6, 6.07) is 2.31. The first-order valence-electron chi connectivity index (χ1n) is 8.69. The fraction of sp³-hybridized carbons (Fsp3) is 0.632. The van der Waals surface area contributed by atoms with Gasteiger partial charge < -0.3 is 14.6 Å². The summed E-state index contributed by atoms with van der Waals surface area (Å²) >= 11 is 0. The molecule has 1 aromatic carbocycles. The maximum Gasteiger partial charge on any atom is 0.161 e. The number of benzene rings is 1. The third kappa shape index (κ3) is 2.04. The zero-order valence-corrected chi connectivity index (χ0v) is 14.6. The first kappa shape index (κ1) is 15.9. The Kier molecular flexibility index (Phi) is 3.62. The number of hydrogen-bond acceptors (Lipinski definition) is 5. The van der Waals surface area contributed by atoms with Crippen molar-refractivity contribution < 1.29 is 19.4 Å². The second kappa shape index (κ2) is 5.46. The number of hydrogen-bond donors (Lipinski definition) is 1. The van der Waals surface area contributed by atoms with Gasteiger partial charge in [0.25, 0.3) is 0 Å². The third-order valence-corrected chi connectivity index (χ3v) is 6.39. The molecule has 3 atom stereocenters. The summed E-state index contributed by atoms with van der Waals surface area (Å²) in [5.74, 6) is 0.997. The molecule has 0 aromatic heterocycles. The maximum atomic E-state index is 12.2. The zero-order valence-electron chi connectivity index (χ0n) is 14.6. The van der Waals surface area contributed by atoms with Gasteiger partial charge in [-0.2, -0.15) is 0 Å². The van der Waals surface area contributed by atoms with Crippen LogP contribution >= 0.6 is 0 Å². The SMILES string of the molecule is COc1cc2c3c(c1O)[C@]1(CCC(=O)[C@@H](OC)C1)C[C@@H]3N(C)CC2. The highest BCUT2D eigenvalue weighted by Crippen LogP contribution is 2.60. The van der Waals surface area contributed by atoms with Crippen LogP contribution in [0.2, 0.25) is 0 Å². The molecule has 5 nitrogen and oxygen atoms in total. The molecule has 1 fully saturated rings. The van der Waals surface area contributed by atoms with Crippen LogP contribution in [0.3, 0.4) is 0 Å². The summed E-state index contributed by atoms with van der Waals surface area (Å²) in [5.41, 5.74) is 3.38. The molecule has 1 heterocycles. The summed E-state index contributed by atoms with van der Waals surface area (Å²) < 4.78 is 10.9. The standard InChI is InChI=1S/C19H25NO4/c1-20-7-5-11-8-14(23-2)18(22)17-16(11)12(20)9-19(17)6-4-13(21)15(10-19)24-3/h8,12,15,22H,4-7,9-10H2,1-3H3/t12-,15-,19+/m0/s1. The summed E-state index contributed by atoms with van der Waals surface area (Å²) in [5, 5.41) is 10.9. The lowest BCUT2D eigenvalue weighted by Gasteiger charge is -2.38. The molecule has 2 aliphatic carbocycles. The second-order valence-corrected chi connectivity index (χ2v) is 7.50. The van der Waals surface area contributed by atoms with E-state index in [9.17, 15) is 9.90 Å². The largest absolute Gasteiger partial charge is 0.504 e. The summed E-state index contributed by atoms with van der Waals surface area (Å²) in [6.45, 7) is 1.01. The van der Waals surface area contributed by atoms with Gasteiger partial charge in [-0.3, -0.25) is 9.69 Å². The number of methoxy groups -OCH3 is 2. The van der Waals surface area contributed by atoms with E-state index in [0.29, 0.717) is 24.6 Å². The number of likely N-dealkylation sites (N-methyl/N-ethyl adjacent to an activating group) is 1. The van der Waals surface area contributed by atoms with Gasteiger partial charge in [0.2, 0.25) is 0 Å². The van der Waals surface area contributed by atoms with E-state index in [1.165, 1.54) is 11.1 Å². The molecule has 130 valence electrons. The Hall–Kier alpha value is -1.59. The number of nitrogens with zero attached hydrogens (tertiary/aromatic N) is 1. The van der Waals surface area contributed by atoms with Crippen LogP contribution in [0.1, 0.15) is 48.4 Å². The number of carbonyl (C=O) groups excluding carboxylic acids is 1. The van der Waals surface area contributed by atoms with Crippen LogP contribution in [0.15, 0.2) is 6.07 Å². The Bertz CT molecular complexity index is 701. The Morgan fingerprint density at radius 1 is 1.29 bits per heavy atom. The Balaban J connectivity index is 1.90. The second-order valence-electron chi connectivity index (χ2n) is 7.50. The topological polar surface area (TPSA) is 59.0 Å². The van der Waals surface area contributed by atoms with Gasteiger partial charge in [-0.25, -0.2) is 0 Å². The van der Waals surface area contributed by atoms with Gasteiger partial charge >= 0.3 is 0 Å². The van der Waals surface area contributed by atoms with Crippen molar-refractivity contribution in [2.24, 2.45) is 0 Å². The molecule has 0 saturated heterocycles. The van der Waals surface area contributed by atoms with Gasteiger partial charge in [0.05, 0.1) is 7.11 Å². The lowest BCUT2D eigenvalue weighted by Crippen LogP contribution is -2.40. The van der Waals surface area contributed by atoms with E-state index < -0.39 is 0 Å². The fourth-order valence-corrected chi connectivity index (χ4v) is 5.12. The minimum atomic E-state index is -0.370. The molecule has 0 bridgehead atoms. The first-order chi connectivity index (χ1) is 11.5. The summed E-state index contributed by atoms with van der Waals surface area (Å²) in [7, 11) is 5.36. The van der Waals surface area contributed by atoms with Crippen molar-refractivity contribution in [2.75, 3.05) is 27.8 Å². The van der Waals surface area contributed by atoms with Gasteiger partial charge in [0, 0.05) is 37.1 Å². The highest BCUT2D eigenvalue weighted by atomic mass is 16.5. The number of phenolic OH excluding ortho intramolecular Hbond substituents is 1. The Labute approximate surface area is 142 Å². The Morgan fingerprint density at radius 2 is 2.08 bits per heavy atom. The number of phenols is 1. The molecule has 1 aromatic rings. The van der Waals surface area contributed by atoms with Crippen molar-refractivity contribution in [3.8, 4) is 11.5 Å². The van der Waals surface area contributed by atoms with Gasteiger partial charge in [-0.05, 0) is 49.9 Å². The predicted octanol–water partition coefficient (Wildman–Crippen LogP) is 2.34. The molecule has 0 amide bonds. The number of ketones is 1. The average molecular weight is 331 g/mol. The van der Waals surface area contributed by atoms with Crippen molar-refractivity contribution in [3.05, 3.63) is 22.8 Å². The number of fused-ring (bicyclic) bond motifs is 1. The van der Waals surface area contributed by atoms with Crippen LogP contribution in [0.25, 0.3) is 0 Å². The van der Waals surface area contributed by atoms with Crippen LogP contribution < -0.4 is 4.74 Å². The highest BCUT2D eigenvalue weighted by Gasteiger charge is 2.53. The molecule has 3 aliphatic rings. The molecule has 0 unspecified atom stereocenters. The van der Waals surface area contributed by atoms with Gasteiger partial charge in [-0.15, -0.1) is 0 Å². The van der Waals surface area contributed by atoms with E-state index in [2.05, 4.69) is 11.9 Å². The van der Waals surface area contributed by atoms with Crippen LogP contribution in [-0.4, -0.2) is 49.7 Å². The molecule has 1 aliphatic heterocycles. The number of Topliss-reactive ketones (excluding diaryl/α,β-unsaturated/α-hetero) is 1. The van der Waals surface area contributed by atoms with Gasteiger partial charge in [-0.1, -0.05) is 0 Å². The smallest absolute Gasteiger partial charge is 0.161 e. The number of carbonyl (C=O) groups is 1. The molecule has 1 spiro atoms. The molecule has 1 N–H and O–H groups in total. The van der Waals surface area contributed by atoms with Crippen molar-refractivity contribution in [1.82, 2.24) is 4.90 Å². The van der Waals surface area contributed by atoms with Crippen molar-refractivity contribution in [1.29, 1.82) is 0 Å². The van der Waals surface area contributed by atoms with Crippen molar-refractivity contribution in [3.63, 3.8) is 0 Å². The quantitative estimate of drug-likeness (QED) is 0.901. The van der Waals surface area contributed by atoms with Crippen molar-refractivity contribution >= 4 is 5.78 Å². The first-order valence-corrected chi connectivity index (χ1v) is 8.69. The number of aromatic hydroxyl groups is 1. The van der Waals surface area contributed by atoms with Crippen molar-refractivity contribution in [2.45, 2.75) is 49.7 Å². The van der Waals surface area contributed by atoms with E-state index in [1.54, 1.807) is 14.2 Å². The maximum absolute atomic E-state index is 12.2. The van der Waals surface area contributed by atoms with E-state index in [0.717, 1.165) is 31.4 Å². The van der Waals surface area contributed by atoms with E-state index in [1.807, 2.05) is 6.07 Å². The highest BCUT2D eigenvalue weighted by molar-refractivity contribution is 5.85. The lowest BCUT2D eigenvalue weighted by atomic mass is 9.68. The van der Waals surface area contributed by atoms with Crippen LogP contribution in [-0.2, 0) is 21.4 Å². The Morgan fingerprint density at radius 3 is 2.79 bits per heavy atom. The van der Waals surface area contributed by atoms with Gasteiger partial charge in [0.1, 0.15) is 6.10 Å². The molecule has 0 radical (unpaired) electrons. The zero-order chi connectivity index (χ0) is 17.1. The van der Waals surface area contributed by atoms with E-state index in [4.69, 9.17) is 9.47 Å². The molecule has 5 heteroatoms. The monoisotopic (exact) mass is 331 g/mol. The third-order valence-electron chi connectivity index (χ3n) is 6.39. The molecule has 1 saturated carbocycles. The normalized spacial score (nSPS) is 32.2. The average Bonchev–Trinajstić information content (AvgIpc) is 2.92. The number of rotatable bonds is 2. The fourth-order valence-electron chi connectivity index (χ4n) is 5.12. The van der Waals surface area contributed by atoms with Crippen LogP contribution in [0.5, 0.6) is 11.5 Å². The molecular formula is C19H25NO4. The van der Waals surface area contributed by atoms with Gasteiger partial charge in [0.15, 0.2) is 17.3 Å². The summed E-state index contributed by atoms with van der Waals surface area (Å²) in [6.07, 6.45) is 3.49. The number of ether oxygens (including phenoxy) is 2. The summed E-state index contributed by atoms with van der Waals surface area (Å²) in [4.78, 5) is 14.5. The minimum Gasteiger partial charge on any atom is -0.504 e. The molecular weight excluding hydrogens is 306 g/mol.